The van der Waals surface area contributed by atoms with E-state index < -0.39 is 20.0 Å². The maximum Gasteiger partial charge on any atom is -0.147 e. The van der Waals surface area contributed by atoms with E-state index in [0.29, 0.717) is 7.35 Å². The van der Waals surface area contributed by atoms with E-state index in [9.17, 15) is 0 Å². The number of hydrogen-bond acceptors (Lipinski definition) is 0. The topological polar surface area (TPSA) is 0 Å². The van der Waals surface area contributed by atoms with Crippen LogP contribution in [0.4, 0.5) is 0 Å². The summed E-state index contributed by atoms with van der Waals surface area (Å²) < 4.78 is 3.40. The first kappa shape index (κ1) is 51.2. The third kappa shape index (κ3) is 9.20. The van der Waals surface area contributed by atoms with Crippen molar-refractivity contribution in [2.45, 2.75) is 209 Å². The second kappa shape index (κ2) is 18.8. The minimum atomic E-state index is -3.53. The second-order valence-electron chi connectivity index (χ2n) is 26.5. The van der Waals surface area contributed by atoms with Crippen molar-refractivity contribution in [1.82, 2.24) is 0 Å². The average Bonchev–Trinajstić information content (AvgIpc) is 3.52. The van der Waals surface area contributed by atoms with Crippen LogP contribution in [0.3, 0.4) is 0 Å². The fraction of sp³-hybridized carbons (Fsp3) is 0.562. The number of allylic oxidation sites excluding steroid dienone is 2. The van der Waals surface area contributed by atoms with E-state index in [4.69, 9.17) is 0 Å². The zero-order valence-electron chi connectivity index (χ0n) is 43.8. The molecule has 0 N–H and O–H groups in total. The summed E-state index contributed by atoms with van der Waals surface area (Å²) in [5, 5.41) is 0. The van der Waals surface area contributed by atoms with Crippen molar-refractivity contribution in [3.8, 4) is 22.3 Å². The third-order valence-electron chi connectivity index (χ3n) is 18.2. The van der Waals surface area contributed by atoms with Gasteiger partial charge in [0.2, 0.25) is 0 Å². The molecule has 10 rings (SSSR count). The molecular formula is C64H86Cl2Hf. The zero-order valence-corrected chi connectivity index (χ0v) is 49.0. The van der Waals surface area contributed by atoms with E-state index in [1.54, 1.807) is 22.3 Å². The molecule has 4 atom stereocenters. The Bertz CT molecular complexity index is 2290. The third-order valence-corrected chi connectivity index (χ3v) is 42.9. The van der Waals surface area contributed by atoms with E-state index in [-0.39, 0.29) is 46.5 Å². The molecule has 4 unspecified atom stereocenters. The summed E-state index contributed by atoms with van der Waals surface area (Å²) >= 11 is -3.53. The Morgan fingerprint density at radius 3 is 1.01 bits per heavy atom. The van der Waals surface area contributed by atoms with Gasteiger partial charge in [0.25, 0.3) is 0 Å². The maximum absolute atomic E-state index is 3.53. The summed E-state index contributed by atoms with van der Waals surface area (Å²) in [6, 6.07) is 30.9. The molecule has 0 amide bonds. The zero-order chi connectivity index (χ0) is 45.8. The van der Waals surface area contributed by atoms with Gasteiger partial charge in [-0.1, -0.05) is 0 Å². The summed E-state index contributed by atoms with van der Waals surface area (Å²) in [7, 11) is 0. The first-order valence-electron chi connectivity index (χ1n) is 26.8. The monoisotopic (exact) mass is 1100 g/mol. The van der Waals surface area contributed by atoms with Crippen LogP contribution in [-0.4, -0.2) is 0 Å². The van der Waals surface area contributed by atoms with Crippen LogP contribution in [0.5, 0.6) is 0 Å². The van der Waals surface area contributed by atoms with E-state index in [2.05, 4.69) is 168 Å². The predicted octanol–water partition coefficient (Wildman–Crippen LogP) is 20.1. The Balaban J connectivity index is 0.00000304. The molecule has 6 aliphatic rings. The largest absolute Gasteiger partial charge is 0.147 e. The summed E-state index contributed by atoms with van der Waals surface area (Å²) in [5.41, 5.74) is 22.8. The van der Waals surface area contributed by atoms with Crippen molar-refractivity contribution in [3.05, 3.63) is 128 Å². The van der Waals surface area contributed by atoms with Crippen LogP contribution in [0.15, 0.2) is 83.9 Å². The molecule has 1 aliphatic heterocycles. The molecule has 4 aromatic carbocycles. The minimum absolute atomic E-state index is 0. The molecule has 0 spiro atoms. The molecule has 1 heterocycles. The van der Waals surface area contributed by atoms with Gasteiger partial charge in [-0.2, -0.15) is 0 Å². The molecule has 0 radical (unpaired) electrons. The molecule has 4 aromatic rings. The summed E-state index contributed by atoms with van der Waals surface area (Å²) in [4.78, 5) is 0. The van der Waals surface area contributed by atoms with Crippen molar-refractivity contribution < 1.29 is 20.0 Å². The van der Waals surface area contributed by atoms with Crippen molar-refractivity contribution in [2.24, 2.45) is 11.8 Å². The Morgan fingerprint density at radius 2 is 0.701 bits per heavy atom. The van der Waals surface area contributed by atoms with Crippen molar-refractivity contribution in [2.75, 3.05) is 0 Å². The normalized spacial score (nSPS) is 25.6. The SMILES string of the molecule is CC(C)(C)c1cc(-c2cccc3c2C=C(C2CCCCC2)[CH]3[Hf]2([CH]3C(C4CCCCC4)=Cc4c(-c5cc(C(C)(C)C)cc(C(C)(C)C)c5)cccc43)[CH]3CCCC[CH]32)cc(C(C)(C)C)c1.Cl.Cl. The van der Waals surface area contributed by atoms with Gasteiger partial charge in [-0.15, -0.1) is 24.8 Å². The van der Waals surface area contributed by atoms with Crippen LogP contribution in [0.1, 0.15) is 225 Å². The molecule has 67 heavy (non-hydrogen) atoms. The van der Waals surface area contributed by atoms with E-state index >= 15 is 0 Å². The van der Waals surface area contributed by atoms with Crippen molar-refractivity contribution in [1.29, 1.82) is 0 Å². The summed E-state index contributed by atoms with van der Waals surface area (Å²) in [6.07, 6.45) is 25.8. The first-order valence-corrected chi connectivity index (χ1v) is 35.1. The molecular weight excluding hydrogens is 1020 g/mol. The van der Waals surface area contributed by atoms with Gasteiger partial charge in [0.1, 0.15) is 0 Å². The molecule has 1 saturated heterocycles. The van der Waals surface area contributed by atoms with Crippen LogP contribution < -0.4 is 0 Å². The van der Waals surface area contributed by atoms with Crippen molar-refractivity contribution in [3.63, 3.8) is 0 Å². The molecule has 3 saturated carbocycles. The van der Waals surface area contributed by atoms with Crippen LogP contribution in [0, 0.1) is 11.8 Å². The van der Waals surface area contributed by atoms with Crippen LogP contribution in [-0.2, 0) is 41.6 Å². The number of halogens is 2. The van der Waals surface area contributed by atoms with Gasteiger partial charge < -0.3 is 0 Å². The number of benzene rings is 4. The van der Waals surface area contributed by atoms with Gasteiger partial charge in [0, 0.05) is 0 Å². The molecule has 3 heteroatoms. The first-order chi connectivity index (χ1) is 30.8. The van der Waals surface area contributed by atoms with E-state index in [1.807, 2.05) is 11.1 Å². The smallest absolute Gasteiger partial charge is 0.147 e. The quantitative estimate of drug-likeness (QED) is 0.169. The minimum Gasteiger partial charge on any atom is -0.147 e. The fourth-order valence-electron chi connectivity index (χ4n) is 14.6. The van der Waals surface area contributed by atoms with Gasteiger partial charge >= 0.3 is 404 Å². The van der Waals surface area contributed by atoms with Gasteiger partial charge in [-0.3, -0.25) is 0 Å². The van der Waals surface area contributed by atoms with Crippen LogP contribution in [0.2, 0.25) is 7.35 Å². The Labute approximate surface area is 425 Å². The van der Waals surface area contributed by atoms with E-state index in [1.165, 1.54) is 134 Å². The maximum atomic E-state index is 2.90. The van der Waals surface area contributed by atoms with Gasteiger partial charge in [-0.05, 0) is 0 Å². The van der Waals surface area contributed by atoms with Gasteiger partial charge in [-0.25, -0.2) is 0 Å². The number of hydrogen-bond donors (Lipinski definition) is 0. The van der Waals surface area contributed by atoms with E-state index in [0.717, 1.165) is 19.2 Å². The molecule has 0 aromatic heterocycles. The fourth-order valence-corrected chi connectivity index (χ4v) is 50.2. The second-order valence-corrected chi connectivity index (χ2v) is 43.2. The van der Waals surface area contributed by atoms with Gasteiger partial charge in [0.15, 0.2) is 0 Å². The molecule has 4 fully saturated rings. The average molecular weight is 1100 g/mol. The predicted molar refractivity (Wildman–Crippen MR) is 294 cm³/mol. The molecule has 0 nitrogen and oxygen atoms in total. The Morgan fingerprint density at radius 1 is 0.388 bits per heavy atom. The standard InChI is InChI=1S/2C29H37.C6H10.2ClH.Hf/c2*1-28(2,3)24-16-23(17-25(19-24)29(4,5)6)26-14-10-13-21-15-22(18-27(21)26)20-11-8-7-9-12-20;1-2-4-6-5-3-1;;;/h2*10,13-20H,7-9,11-12H2,1-6H3;1-2H,3-6H2;2*1H;. The van der Waals surface area contributed by atoms with Crippen LogP contribution in [0.25, 0.3) is 34.4 Å². The summed E-state index contributed by atoms with van der Waals surface area (Å²) in [5.74, 6) is 1.48. The Hall–Kier alpha value is -2.19. The number of fused-ring (bicyclic) bond motifs is 3. The van der Waals surface area contributed by atoms with Gasteiger partial charge in [0.05, 0.1) is 0 Å². The van der Waals surface area contributed by atoms with Crippen LogP contribution >= 0.6 is 24.8 Å². The molecule has 360 valence electrons. The summed E-state index contributed by atoms with van der Waals surface area (Å²) in [6.45, 7) is 28.9. The molecule has 5 aliphatic carbocycles. The molecule has 0 bridgehead atoms. The Kier molecular flexibility index (Phi) is 14.3. The van der Waals surface area contributed by atoms with Crippen molar-refractivity contribution >= 4 is 37.0 Å². The number of rotatable bonds is 6.